The summed E-state index contributed by atoms with van der Waals surface area (Å²) in [5, 5.41) is 18.3. The maximum absolute atomic E-state index is 10.8. The predicted octanol–water partition coefficient (Wildman–Crippen LogP) is 3.58. The highest BCUT2D eigenvalue weighted by molar-refractivity contribution is 7.99. The molecule has 1 heterocycles. The number of hydrogen-bond donors (Lipinski definition) is 1. The first kappa shape index (κ1) is 17.8. The maximum Gasteiger partial charge on any atom is 0.313 e. The Kier molecular flexibility index (Phi) is 6.04. The molecule has 0 saturated carbocycles. The van der Waals surface area contributed by atoms with Crippen molar-refractivity contribution in [1.29, 1.82) is 0 Å². The summed E-state index contributed by atoms with van der Waals surface area (Å²) in [4.78, 5) is 10.8. The lowest BCUT2D eigenvalue weighted by Gasteiger charge is -2.17. The van der Waals surface area contributed by atoms with Crippen LogP contribution in [0.5, 0.6) is 0 Å². The minimum Gasteiger partial charge on any atom is -0.481 e. The Labute approximate surface area is 143 Å². The van der Waals surface area contributed by atoms with Crippen LogP contribution in [0.2, 0.25) is 5.02 Å². The van der Waals surface area contributed by atoms with Crippen LogP contribution in [0.25, 0.3) is 5.69 Å². The lowest BCUT2D eigenvalue weighted by atomic mass is 10.3. The number of carboxylic acid groups (broad SMARTS) is 1. The van der Waals surface area contributed by atoms with E-state index in [1.165, 1.54) is 0 Å². The van der Waals surface area contributed by atoms with Gasteiger partial charge in [-0.25, -0.2) is 0 Å². The zero-order valence-electron chi connectivity index (χ0n) is 13.1. The van der Waals surface area contributed by atoms with E-state index in [4.69, 9.17) is 21.4 Å². The van der Waals surface area contributed by atoms with Gasteiger partial charge in [0.2, 0.25) is 0 Å². The molecular weight excluding hydrogens is 338 g/mol. The zero-order chi connectivity index (χ0) is 17.0. The molecule has 8 heteroatoms. The van der Waals surface area contributed by atoms with E-state index < -0.39 is 5.97 Å². The summed E-state index contributed by atoms with van der Waals surface area (Å²) < 4.78 is 7.57. The molecule has 0 spiro atoms. The fourth-order valence-electron chi connectivity index (χ4n) is 2.09. The summed E-state index contributed by atoms with van der Waals surface area (Å²) in [6.07, 6.45) is -0.259. The largest absolute Gasteiger partial charge is 0.481 e. The Bertz CT molecular complexity index is 690. The lowest BCUT2D eigenvalue weighted by molar-refractivity contribution is -0.133. The molecule has 0 aliphatic heterocycles. The van der Waals surface area contributed by atoms with Crippen LogP contribution in [-0.4, -0.2) is 37.7 Å². The summed E-state index contributed by atoms with van der Waals surface area (Å²) in [6, 6.07) is 7.24. The average molecular weight is 356 g/mol. The number of ether oxygens (including phenoxy) is 1. The lowest BCUT2D eigenvalue weighted by Crippen LogP contribution is -2.13. The molecule has 0 amide bonds. The van der Waals surface area contributed by atoms with Gasteiger partial charge >= 0.3 is 5.97 Å². The topological polar surface area (TPSA) is 77.2 Å². The van der Waals surface area contributed by atoms with E-state index in [9.17, 15) is 4.79 Å². The van der Waals surface area contributed by atoms with Crippen molar-refractivity contribution in [2.24, 2.45) is 0 Å². The van der Waals surface area contributed by atoms with Crippen molar-refractivity contribution in [2.75, 3.05) is 5.75 Å². The smallest absolute Gasteiger partial charge is 0.313 e. The Balaban J connectivity index is 2.44. The molecule has 1 aromatic heterocycles. The Morgan fingerprint density at radius 2 is 2.13 bits per heavy atom. The van der Waals surface area contributed by atoms with E-state index >= 15 is 0 Å². The number of carboxylic acids is 1. The van der Waals surface area contributed by atoms with Crippen LogP contribution >= 0.6 is 23.4 Å². The summed E-state index contributed by atoms with van der Waals surface area (Å²) in [5.74, 6) is -0.407. The predicted molar refractivity (Wildman–Crippen MR) is 89.4 cm³/mol. The number of benzene rings is 1. The van der Waals surface area contributed by atoms with Crippen molar-refractivity contribution >= 4 is 29.3 Å². The molecule has 2 aromatic rings. The molecule has 6 nitrogen and oxygen atoms in total. The fourth-order valence-corrected chi connectivity index (χ4v) is 2.95. The van der Waals surface area contributed by atoms with Gasteiger partial charge in [0, 0.05) is 5.02 Å². The van der Waals surface area contributed by atoms with Gasteiger partial charge in [0.15, 0.2) is 11.0 Å². The summed E-state index contributed by atoms with van der Waals surface area (Å²) >= 11 is 7.18. The first-order valence-electron chi connectivity index (χ1n) is 7.09. The second-order valence-corrected chi connectivity index (χ2v) is 6.54. The number of rotatable bonds is 7. The van der Waals surface area contributed by atoms with Crippen molar-refractivity contribution in [3.63, 3.8) is 0 Å². The molecule has 23 heavy (non-hydrogen) atoms. The minimum atomic E-state index is -0.913. The highest BCUT2D eigenvalue weighted by Crippen LogP contribution is 2.28. The van der Waals surface area contributed by atoms with E-state index in [0.717, 1.165) is 17.4 Å². The van der Waals surface area contributed by atoms with E-state index in [2.05, 4.69) is 10.2 Å². The van der Waals surface area contributed by atoms with E-state index in [1.807, 2.05) is 32.9 Å². The van der Waals surface area contributed by atoms with Gasteiger partial charge in [0.25, 0.3) is 0 Å². The molecule has 1 N–H and O–H groups in total. The first-order valence-corrected chi connectivity index (χ1v) is 8.46. The Hall–Kier alpha value is -1.57. The van der Waals surface area contributed by atoms with Crippen LogP contribution in [0.4, 0.5) is 0 Å². The molecule has 0 aliphatic rings. The molecule has 1 aromatic carbocycles. The number of halogens is 1. The second kappa shape index (κ2) is 7.81. The van der Waals surface area contributed by atoms with Gasteiger partial charge < -0.3 is 9.84 Å². The van der Waals surface area contributed by atoms with Gasteiger partial charge in [-0.1, -0.05) is 29.4 Å². The monoisotopic (exact) mass is 355 g/mol. The van der Waals surface area contributed by atoms with Crippen molar-refractivity contribution < 1.29 is 14.6 Å². The number of aromatic nitrogens is 3. The summed E-state index contributed by atoms with van der Waals surface area (Å²) in [5.41, 5.74) is 0.768. The zero-order valence-corrected chi connectivity index (χ0v) is 14.6. The molecule has 1 atom stereocenters. The van der Waals surface area contributed by atoms with Crippen LogP contribution in [0.3, 0.4) is 0 Å². The number of aliphatic carboxylic acids is 1. The molecule has 0 radical (unpaired) electrons. The van der Waals surface area contributed by atoms with Gasteiger partial charge in [-0.05, 0) is 39.0 Å². The fraction of sp³-hybridized carbons (Fsp3) is 0.400. The molecule has 0 saturated heterocycles. The molecule has 2 rings (SSSR count). The average Bonchev–Trinajstić information content (AvgIpc) is 2.88. The SMILES string of the molecule is CC(C)O[C@H](C)c1nnc(SCC(=O)O)n1-c1cccc(Cl)c1. The molecule has 0 aliphatic carbocycles. The van der Waals surface area contributed by atoms with Crippen molar-refractivity contribution in [2.45, 2.75) is 38.1 Å². The normalized spacial score (nSPS) is 12.6. The Morgan fingerprint density at radius 1 is 1.39 bits per heavy atom. The highest BCUT2D eigenvalue weighted by atomic mass is 35.5. The summed E-state index contributed by atoms with van der Waals surface area (Å²) in [6.45, 7) is 5.77. The van der Waals surface area contributed by atoms with Crippen LogP contribution < -0.4 is 0 Å². The Morgan fingerprint density at radius 3 is 2.74 bits per heavy atom. The van der Waals surface area contributed by atoms with Crippen LogP contribution in [0.1, 0.15) is 32.7 Å². The third-order valence-corrected chi connectivity index (χ3v) is 4.04. The van der Waals surface area contributed by atoms with E-state index in [-0.39, 0.29) is 18.0 Å². The van der Waals surface area contributed by atoms with Gasteiger partial charge in [-0.15, -0.1) is 10.2 Å². The van der Waals surface area contributed by atoms with Crippen LogP contribution in [0.15, 0.2) is 29.4 Å². The van der Waals surface area contributed by atoms with E-state index in [0.29, 0.717) is 16.0 Å². The number of thioether (sulfide) groups is 1. The second-order valence-electron chi connectivity index (χ2n) is 5.17. The molecule has 0 unspecified atom stereocenters. The first-order chi connectivity index (χ1) is 10.9. The van der Waals surface area contributed by atoms with Crippen molar-refractivity contribution in [3.05, 3.63) is 35.1 Å². The van der Waals surface area contributed by atoms with E-state index in [1.54, 1.807) is 16.7 Å². The molecule has 0 bridgehead atoms. The quantitative estimate of drug-likeness (QED) is 0.765. The highest BCUT2D eigenvalue weighted by Gasteiger charge is 2.21. The third kappa shape index (κ3) is 4.70. The molecule has 124 valence electrons. The minimum absolute atomic E-state index is 0.0321. The van der Waals surface area contributed by atoms with Gasteiger partial charge in [-0.2, -0.15) is 0 Å². The number of nitrogens with zero attached hydrogens (tertiary/aromatic N) is 3. The standard InChI is InChI=1S/C15H18ClN3O3S/c1-9(2)22-10(3)14-17-18-15(23-8-13(20)21)19(14)12-6-4-5-11(16)7-12/h4-7,9-10H,8H2,1-3H3,(H,20,21)/t10-/m1/s1. The maximum atomic E-state index is 10.8. The van der Waals surface area contributed by atoms with Crippen molar-refractivity contribution in [3.8, 4) is 5.69 Å². The van der Waals surface area contributed by atoms with Crippen molar-refractivity contribution in [1.82, 2.24) is 14.8 Å². The molecule has 0 fully saturated rings. The van der Waals surface area contributed by atoms with Crippen LogP contribution in [0, 0.1) is 0 Å². The summed E-state index contributed by atoms with van der Waals surface area (Å²) in [7, 11) is 0. The van der Waals surface area contributed by atoms with Gasteiger partial charge in [-0.3, -0.25) is 9.36 Å². The third-order valence-electron chi connectivity index (χ3n) is 2.89. The number of carbonyl (C=O) groups is 1. The van der Waals surface area contributed by atoms with Gasteiger partial charge in [0.05, 0.1) is 17.5 Å². The molecular formula is C15H18ClN3O3S. The van der Waals surface area contributed by atoms with Crippen LogP contribution in [-0.2, 0) is 9.53 Å². The number of hydrogen-bond acceptors (Lipinski definition) is 5. The van der Waals surface area contributed by atoms with Gasteiger partial charge in [0.1, 0.15) is 6.10 Å².